The Morgan fingerprint density at radius 1 is 1.50 bits per heavy atom. The number of aromatic nitrogens is 1. The van der Waals surface area contributed by atoms with Crippen molar-refractivity contribution in [3.8, 4) is 0 Å². The molecule has 3 N–H and O–H groups in total. The third-order valence-electron chi connectivity index (χ3n) is 2.57. The summed E-state index contributed by atoms with van der Waals surface area (Å²) in [6.07, 6.45) is 2.34. The van der Waals surface area contributed by atoms with E-state index in [9.17, 15) is 5.11 Å². The summed E-state index contributed by atoms with van der Waals surface area (Å²) in [5, 5.41) is 9.28. The topological polar surface area (TPSA) is 62.4 Å². The van der Waals surface area contributed by atoms with Crippen LogP contribution < -0.4 is 10.6 Å². The summed E-state index contributed by atoms with van der Waals surface area (Å²) in [7, 11) is 1.93. The maximum atomic E-state index is 9.28. The number of anilines is 1. The van der Waals surface area contributed by atoms with Crippen molar-refractivity contribution in [2.24, 2.45) is 5.73 Å². The molecular weight excluding hydrogens is 202 g/mol. The first-order chi connectivity index (χ1) is 7.54. The van der Waals surface area contributed by atoms with E-state index >= 15 is 0 Å². The highest BCUT2D eigenvalue weighted by Gasteiger charge is 2.07. The Hall–Kier alpha value is -1.13. The van der Waals surface area contributed by atoms with Crippen molar-refractivity contribution in [3.63, 3.8) is 0 Å². The Labute approximate surface area is 97.1 Å². The highest BCUT2D eigenvalue weighted by Crippen LogP contribution is 2.16. The minimum Gasteiger partial charge on any atom is -0.392 e. The van der Waals surface area contributed by atoms with Gasteiger partial charge < -0.3 is 15.7 Å². The molecule has 0 aliphatic heterocycles. The van der Waals surface area contributed by atoms with E-state index in [0.29, 0.717) is 6.54 Å². The van der Waals surface area contributed by atoms with Crippen LogP contribution in [0.15, 0.2) is 18.3 Å². The van der Waals surface area contributed by atoms with Gasteiger partial charge in [-0.2, -0.15) is 0 Å². The number of hydrogen-bond donors (Lipinski definition) is 2. The second-order valence-corrected chi connectivity index (χ2v) is 4.19. The molecule has 90 valence electrons. The Balaban J connectivity index is 2.70. The molecule has 0 aromatic carbocycles. The SMILES string of the molecule is CC[C@H](N)c1ccc(N(C)CC(C)O)cn1. The summed E-state index contributed by atoms with van der Waals surface area (Å²) in [5.41, 5.74) is 7.79. The van der Waals surface area contributed by atoms with Crippen molar-refractivity contribution in [1.29, 1.82) is 0 Å². The van der Waals surface area contributed by atoms with Crippen LogP contribution in [0.3, 0.4) is 0 Å². The zero-order chi connectivity index (χ0) is 12.1. The van der Waals surface area contributed by atoms with Gasteiger partial charge in [0.2, 0.25) is 0 Å². The standard InChI is InChI=1S/C12H21N3O/c1-4-11(13)12-6-5-10(7-14-12)15(3)8-9(2)16/h5-7,9,11,16H,4,8,13H2,1-3H3/t9?,11-/m0/s1. The summed E-state index contributed by atoms with van der Waals surface area (Å²) >= 11 is 0. The largest absolute Gasteiger partial charge is 0.392 e. The zero-order valence-corrected chi connectivity index (χ0v) is 10.2. The average Bonchev–Trinajstić information content (AvgIpc) is 2.27. The lowest BCUT2D eigenvalue weighted by Crippen LogP contribution is -2.27. The number of rotatable bonds is 5. The Kier molecular flexibility index (Phi) is 4.71. The molecule has 0 amide bonds. The van der Waals surface area contributed by atoms with Crippen LogP contribution in [0.25, 0.3) is 0 Å². The van der Waals surface area contributed by atoms with E-state index < -0.39 is 0 Å². The van der Waals surface area contributed by atoms with Crippen LogP contribution in [0.4, 0.5) is 5.69 Å². The van der Waals surface area contributed by atoms with Gasteiger partial charge in [-0.3, -0.25) is 4.98 Å². The average molecular weight is 223 g/mol. The van der Waals surface area contributed by atoms with Crippen LogP contribution in [0, 0.1) is 0 Å². The molecule has 1 aromatic heterocycles. The highest BCUT2D eigenvalue weighted by molar-refractivity contribution is 5.43. The van der Waals surface area contributed by atoms with Crippen LogP contribution in [-0.2, 0) is 0 Å². The molecule has 0 spiro atoms. The van der Waals surface area contributed by atoms with Crippen LogP contribution in [0.5, 0.6) is 0 Å². The molecule has 4 heteroatoms. The lowest BCUT2D eigenvalue weighted by molar-refractivity contribution is 0.201. The van der Waals surface area contributed by atoms with Gasteiger partial charge in [-0.1, -0.05) is 6.92 Å². The van der Waals surface area contributed by atoms with Crippen LogP contribution in [-0.4, -0.2) is 29.8 Å². The van der Waals surface area contributed by atoms with Gasteiger partial charge in [0.1, 0.15) is 0 Å². The fourth-order valence-corrected chi connectivity index (χ4v) is 1.55. The molecule has 1 rings (SSSR count). The predicted octanol–water partition coefficient (Wildman–Crippen LogP) is 1.31. The third-order valence-corrected chi connectivity index (χ3v) is 2.57. The van der Waals surface area contributed by atoms with Crippen molar-refractivity contribution in [2.75, 3.05) is 18.5 Å². The number of pyridine rings is 1. The van der Waals surface area contributed by atoms with Crippen LogP contribution >= 0.6 is 0 Å². The maximum Gasteiger partial charge on any atom is 0.0686 e. The highest BCUT2D eigenvalue weighted by atomic mass is 16.3. The van der Waals surface area contributed by atoms with E-state index in [1.54, 1.807) is 13.1 Å². The second-order valence-electron chi connectivity index (χ2n) is 4.19. The van der Waals surface area contributed by atoms with Gasteiger partial charge in [0.25, 0.3) is 0 Å². The molecule has 1 aromatic rings. The summed E-state index contributed by atoms with van der Waals surface area (Å²) in [5.74, 6) is 0. The van der Waals surface area contributed by atoms with Gasteiger partial charge in [-0.05, 0) is 25.5 Å². The lowest BCUT2D eigenvalue weighted by Gasteiger charge is -2.21. The summed E-state index contributed by atoms with van der Waals surface area (Å²) in [4.78, 5) is 6.30. The van der Waals surface area contributed by atoms with Crippen molar-refractivity contribution < 1.29 is 5.11 Å². The minimum absolute atomic E-state index is 0.0103. The molecule has 16 heavy (non-hydrogen) atoms. The fraction of sp³-hybridized carbons (Fsp3) is 0.583. The van der Waals surface area contributed by atoms with E-state index in [4.69, 9.17) is 5.73 Å². The van der Waals surface area contributed by atoms with Crippen LogP contribution in [0.1, 0.15) is 32.0 Å². The monoisotopic (exact) mass is 223 g/mol. The molecule has 0 saturated carbocycles. The molecule has 0 fully saturated rings. The first kappa shape index (κ1) is 12.9. The second kappa shape index (κ2) is 5.82. The van der Waals surface area contributed by atoms with Crippen molar-refractivity contribution in [2.45, 2.75) is 32.4 Å². The van der Waals surface area contributed by atoms with E-state index in [1.807, 2.05) is 31.0 Å². The number of nitrogens with zero attached hydrogens (tertiary/aromatic N) is 2. The first-order valence-corrected chi connectivity index (χ1v) is 5.65. The molecule has 0 bridgehead atoms. The Morgan fingerprint density at radius 2 is 2.19 bits per heavy atom. The first-order valence-electron chi connectivity index (χ1n) is 5.65. The minimum atomic E-state index is -0.345. The van der Waals surface area contributed by atoms with Gasteiger partial charge in [0.05, 0.1) is 23.7 Å². The normalized spacial score (nSPS) is 14.6. The van der Waals surface area contributed by atoms with Gasteiger partial charge in [-0.25, -0.2) is 0 Å². The van der Waals surface area contributed by atoms with Gasteiger partial charge in [0, 0.05) is 19.6 Å². The molecule has 2 atom stereocenters. The van der Waals surface area contributed by atoms with Gasteiger partial charge in [0.15, 0.2) is 0 Å². The summed E-state index contributed by atoms with van der Waals surface area (Å²) < 4.78 is 0. The fourth-order valence-electron chi connectivity index (χ4n) is 1.55. The molecule has 0 saturated heterocycles. The Bertz CT molecular complexity index is 311. The van der Waals surface area contributed by atoms with Crippen molar-refractivity contribution in [1.82, 2.24) is 4.98 Å². The number of hydrogen-bond acceptors (Lipinski definition) is 4. The smallest absolute Gasteiger partial charge is 0.0686 e. The molecule has 0 aliphatic rings. The number of aliphatic hydroxyl groups is 1. The zero-order valence-electron chi connectivity index (χ0n) is 10.2. The lowest BCUT2D eigenvalue weighted by atomic mass is 10.1. The third kappa shape index (κ3) is 3.47. The number of aliphatic hydroxyl groups excluding tert-OH is 1. The quantitative estimate of drug-likeness (QED) is 0.790. The molecule has 0 radical (unpaired) electrons. The molecular formula is C12H21N3O. The van der Waals surface area contributed by atoms with Gasteiger partial charge >= 0.3 is 0 Å². The summed E-state index contributed by atoms with van der Waals surface area (Å²) in [6, 6.07) is 3.94. The molecule has 1 heterocycles. The summed E-state index contributed by atoms with van der Waals surface area (Å²) in [6.45, 7) is 4.41. The van der Waals surface area contributed by atoms with Crippen LogP contribution in [0.2, 0.25) is 0 Å². The molecule has 1 unspecified atom stereocenters. The number of nitrogens with two attached hydrogens (primary N) is 1. The van der Waals surface area contributed by atoms with E-state index in [-0.39, 0.29) is 12.1 Å². The molecule has 0 aliphatic carbocycles. The van der Waals surface area contributed by atoms with Crippen molar-refractivity contribution >= 4 is 5.69 Å². The van der Waals surface area contributed by atoms with Gasteiger partial charge in [-0.15, -0.1) is 0 Å². The van der Waals surface area contributed by atoms with Crippen molar-refractivity contribution in [3.05, 3.63) is 24.0 Å². The maximum absolute atomic E-state index is 9.28. The van der Waals surface area contributed by atoms with E-state index in [1.165, 1.54) is 0 Å². The van der Waals surface area contributed by atoms with E-state index in [2.05, 4.69) is 4.98 Å². The predicted molar refractivity (Wildman–Crippen MR) is 66.4 cm³/mol. The number of likely N-dealkylation sites (N-methyl/N-ethyl adjacent to an activating group) is 1. The van der Waals surface area contributed by atoms with E-state index in [0.717, 1.165) is 17.8 Å². The Morgan fingerprint density at radius 3 is 2.62 bits per heavy atom. The molecule has 4 nitrogen and oxygen atoms in total.